The number of carbonyl (C=O) groups excluding carboxylic acids is 1. The number of rotatable bonds is 5. The predicted molar refractivity (Wildman–Crippen MR) is 123 cm³/mol. The molecule has 0 radical (unpaired) electrons. The van der Waals surface area contributed by atoms with Crippen molar-refractivity contribution in [1.82, 2.24) is 19.9 Å². The summed E-state index contributed by atoms with van der Waals surface area (Å²) in [6, 6.07) is 9.65. The van der Waals surface area contributed by atoms with Crippen LogP contribution in [0.2, 0.25) is 5.02 Å². The number of carbonyl (C=O) groups is 1. The normalized spacial score (nSPS) is 14.7. The van der Waals surface area contributed by atoms with Crippen LogP contribution < -0.4 is 5.32 Å². The zero-order chi connectivity index (χ0) is 21.1. The molecule has 8 heteroatoms. The highest BCUT2D eigenvalue weighted by molar-refractivity contribution is 9.10. The number of halogens is 2. The first-order chi connectivity index (χ1) is 14.5. The van der Waals surface area contributed by atoms with Gasteiger partial charge in [-0.15, -0.1) is 0 Å². The summed E-state index contributed by atoms with van der Waals surface area (Å²) in [7, 11) is 0. The third-order valence-corrected chi connectivity index (χ3v) is 6.55. The summed E-state index contributed by atoms with van der Waals surface area (Å²) in [4.78, 5) is 27.2. The van der Waals surface area contributed by atoms with E-state index >= 15 is 0 Å². The number of piperidine rings is 1. The lowest BCUT2D eigenvalue weighted by atomic mass is 9.92. The maximum atomic E-state index is 11.8. The molecule has 1 saturated heterocycles. The quantitative estimate of drug-likeness (QED) is 0.505. The second-order valence-corrected chi connectivity index (χ2v) is 8.58. The Morgan fingerprint density at radius 2 is 2.07 bits per heavy atom. The molecule has 6 nitrogen and oxygen atoms in total. The second-order valence-electron chi connectivity index (χ2n) is 7.32. The number of anilines is 2. The van der Waals surface area contributed by atoms with E-state index in [9.17, 15) is 4.79 Å². The van der Waals surface area contributed by atoms with Crippen molar-refractivity contribution in [3.05, 3.63) is 64.5 Å². The molecule has 4 rings (SSSR count). The minimum absolute atomic E-state index is 0.0122. The molecule has 2 aromatic heterocycles. The molecule has 154 valence electrons. The van der Waals surface area contributed by atoms with E-state index in [2.05, 4.69) is 37.8 Å². The molecule has 1 aliphatic rings. The molecule has 1 aromatic carbocycles. The Hall–Kier alpha value is -2.51. The van der Waals surface area contributed by atoms with Crippen molar-refractivity contribution >= 4 is 56.0 Å². The lowest BCUT2D eigenvalue weighted by Gasteiger charge is -2.31. The molecule has 0 aliphatic carbocycles. The lowest BCUT2D eigenvalue weighted by Crippen LogP contribution is -2.37. The maximum absolute atomic E-state index is 11.8. The zero-order valence-electron chi connectivity index (χ0n) is 16.3. The van der Waals surface area contributed by atoms with Crippen molar-refractivity contribution in [1.29, 1.82) is 0 Å². The molecule has 1 aliphatic heterocycles. The number of nitrogens with zero attached hydrogens (tertiary/aromatic N) is 4. The van der Waals surface area contributed by atoms with E-state index in [0.717, 1.165) is 59.2 Å². The van der Waals surface area contributed by atoms with Gasteiger partial charge in [0, 0.05) is 28.9 Å². The molecular formula is C22H21BrClN5O. The van der Waals surface area contributed by atoms with Gasteiger partial charge >= 0.3 is 0 Å². The van der Waals surface area contributed by atoms with E-state index in [1.54, 1.807) is 0 Å². The fraction of sp³-hybridized carbons (Fsp3) is 0.273. The molecular weight excluding hydrogens is 466 g/mol. The van der Waals surface area contributed by atoms with Gasteiger partial charge in [0.05, 0.1) is 10.5 Å². The number of aromatic nitrogens is 3. The Labute approximate surface area is 188 Å². The Morgan fingerprint density at radius 1 is 1.27 bits per heavy atom. The topological polar surface area (TPSA) is 71.0 Å². The van der Waals surface area contributed by atoms with Gasteiger partial charge in [-0.1, -0.05) is 18.2 Å². The van der Waals surface area contributed by atoms with Crippen molar-refractivity contribution in [2.75, 3.05) is 18.4 Å². The summed E-state index contributed by atoms with van der Waals surface area (Å²) in [5.41, 5.74) is 3.34. The number of hydrogen-bond donors (Lipinski definition) is 1. The first-order valence-electron chi connectivity index (χ1n) is 9.77. The number of likely N-dealkylation sites (tertiary alicyclic amines) is 1. The SMILES string of the molecule is C=CC(=O)N1CCC(Cc2ccc3ncnc(Nc4ccc(Br)c(Cl)c4)c3n2)CC1. The molecule has 0 atom stereocenters. The Bertz CT molecular complexity index is 1100. The van der Waals surface area contributed by atoms with Crippen molar-refractivity contribution < 1.29 is 4.79 Å². The van der Waals surface area contributed by atoms with E-state index in [-0.39, 0.29) is 5.91 Å². The summed E-state index contributed by atoms with van der Waals surface area (Å²) in [5, 5.41) is 3.92. The van der Waals surface area contributed by atoms with Crippen molar-refractivity contribution in [2.45, 2.75) is 19.3 Å². The maximum Gasteiger partial charge on any atom is 0.245 e. The molecule has 0 bridgehead atoms. The van der Waals surface area contributed by atoms with Gasteiger partial charge in [0.25, 0.3) is 0 Å². The van der Waals surface area contributed by atoms with Gasteiger partial charge in [-0.2, -0.15) is 0 Å². The Balaban J connectivity index is 1.52. The number of benzene rings is 1. The first-order valence-corrected chi connectivity index (χ1v) is 10.9. The molecule has 0 saturated carbocycles. The first kappa shape index (κ1) is 20.8. The van der Waals surface area contributed by atoms with Crippen molar-refractivity contribution in [2.24, 2.45) is 5.92 Å². The van der Waals surface area contributed by atoms with Crippen molar-refractivity contribution in [3.63, 3.8) is 0 Å². The van der Waals surface area contributed by atoms with Crippen LogP contribution in [0.5, 0.6) is 0 Å². The summed E-state index contributed by atoms with van der Waals surface area (Å²) in [5.74, 6) is 1.15. The van der Waals surface area contributed by atoms with Crippen molar-refractivity contribution in [3.8, 4) is 0 Å². The van der Waals surface area contributed by atoms with E-state index in [4.69, 9.17) is 16.6 Å². The molecule has 3 heterocycles. The highest BCUT2D eigenvalue weighted by Crippen LogP contribution is 2.29. The number of amides is 1. The van der Waals surface area contributed by atoms with E-state index in [0.29, 0.717) is 16.8 Å². The highest BCUT2D eigenvalue weighted by Gasteiger charge is 2.22. The fourth-order valence-electron chi connectivity index (χ4n) is 3.68. The number of hydrogen-bond acceptors (Lipinski definition) is 5. The highest BCUT2D eigenvalue weighted by atomic mass is 79.9. The summed E-state index contributed by atoms with van der Waals surface area (Å²) in [6.45, 7) is 5.10. The fourth-order valence-corrected chi connectivity index (χ4v) is 4.11. The Morgan fingerprint density at radius 3 is 2.80 bits per heavy atom. The average molecular weight is 487 g/mol. The van der Waals surface area contributed by atoms with Gasteiger partial charge in [0.15, 0.2) is 5.82 Å². The van der Waals surface area contributed by atoms with E-state index < -0.39 is 0 Å². The molecule has 1 N–H and O–H groups in total. The predicted octanol–water partition coefficient (Wildman–Crippen LogP) is 5.15. The smallest absolute Gasteiger partial charge is 0.245 e. The Kier molecular flexibility index (Phi) is 6.29. The van der Waals surface area contributed by atoms with E-state index in [1.165, 1.54) is 12.4 Å². The molecule has 30 heavy (non-hydrogen) atoms. The molecule has 1 amide bonds. The molecule has 0 spiro atoms. The van der Waals surface area contributed by atoms with Gasteiger partial charge in [-0.3, -0.25) is 4.79 Å². The second kappa shape index (κ2) is 9.10. The van der Waals surface area contributed by atoms with Crippen LogP contribution in [-0.4, -0.2) is 38.8 Å². The number of fused-ring (bicyclic) bond motifs is 1. The van der Waals surface area contributed by atoms with E-state index in [1.807, 2.05) is 35.2 Å². The monoisotopic (exact) mass is 485 g/mol. The largest absolute Gasteiger partial charge is 0.339 e. The summed E-state index contributed by atoms with van der Waals surface area (Å²) >= 11 is 9.61. The van der Waals surface area contributed by atoms with Crippen LogP contribution in [0.25, 0.3) is 11.0 Å². The molecule has 3 aromatic rings. The summed E-state index contributed by atoms with van der Waals surface area (Å²) < 4.78 is 0.837. The van der Waals surface area contributed by atoms with Crippen LogP contribution in [0, 0.1) is 5.92 Å². The van der Waals surface area contributed by atoms with Gasteiger partial charge in [-0.05, 0) is 77.5 Å². The van der Waals surface area contributed by atoms with Gasteiger partial charge in [0.1, 0.15) is 11.8 Å². The summed E-state index contributed by atoms with van der Waals surface area (Å²) in [6.07, 6.45) is 5.71. The average Bonchev–Trinajstić information content (AvgIpc) is 2.77. The van der Waals surface area contributed by atoms with Gasteiger partial charge < -0.3 is 10.2 Å². The lowest BCUT2D eigenvalue weighted by molar-refractivity contribution is -0.127. The minimum atomic E-state index is 0.0122. The molecule has 1 fully saturated rings. The minimum Gasteiger partial charge on any atom is -0.339 e. The van der Waals surface area contributed by atoms with Crippen LogP contribution in [0.3, 0.4) is 0 Å². The van der Waals surface area contributed by atoms with Gasteiger partial charge in [-0.25, -0.2) is 15.0 Å². The van der Waals surface area contributed by atoms with Crippen LogP contribution in [0.15, 0.2) is 53.8 Å². The zero-order valence-corrected chi connectivity index (χ0v) is 18.7. The standard InChI is InChI=1S/C22H21BrClN5O/c1-2-20(30)29-9-7-14(8-10-29)11-15-4-6-19-21(27-15)22(26-13-25-19)28-16-3-5-17(23)18(24)12-16/h2-6,12-14H,1,7-11H2,(H,25,26,28). The van der Waals surface area contributed by atoms with Gasteiger partial charge in [0.2, 0.25) is 5.91 Å². The van der Waals surface area contributed by atoms with Crippen LogP contribution in [-0.2, 0) is 11.2 Å². The van der Waals surface area contributed by atoms with Crippen LogP contribution in [0.4, 0.5) is 11.5 Å². The van der Waals surface area contributed by atoms with Crippen LogP contribution in [0.1, 0.15) is 18.5 Å². The van der Waals surface area contributed by atoms with Crippen LogP contribution >= 0.6 is 27.5 Å². The third-order valence-electron chi connectivity index (χ3n) is 5.32. The molecule has 0 unspecified atom stereocenters. The number of pyridine rings is 1. The third kappa shape index (κ3) is 4.63. The number of nitrogens with one attached hydrogen (secondary N) is 1.